The normalized spacial score (nSPS) is 25.5. The van der Waals surface area contributed by atoms with Crippen LogP contribution in [0.15, 0.2) is 18.2 Å². The quantitative estimate of drug-likeness (QED) is 0.719. The summed E-state index contributed by atoms with van der Waals surface area (Å²) in [7, 11) is 0. The van der Waals surface area contributed by atoms with Gasteiger partial charge < -0.3 is 9.47 Å². The molecular weight excluding hydrogens is 226 g/mol. The van der Waals surface area contributed by atoms with Gasteiger partial charge in [-0.2, -0.15) is 0 Å². The Bertz CT molecular complexity index is 411. The summed E-state index contributed by atoms with van der Waals surface area (Å²) in [5.74, 6) is 0. The second-order valence-corrected chi connectivity index (χ2v) is 5.53. The van der Waals surface area contributed by atoms with Crippen molar-refractivity contribution in [1.29, 1.82) is 0 Å². The van der Waals surface area contributed by atoms with Gasteiger partial charge in [-0.25, -0.2) is 0 Å². The number of benzene rings is 1. The Kier molecular flexibility index (Phi) is 3.37. The zero-order valence-corrected chi connectivity index (χ0v) is 11.2. The van der Waals surface area contributed by atoms with Crippen molar-refractivity contribution in [3.8, 4) is 0 Å². The number of ether oxygens (including phenoxy) is 2. The van der Waals surface area contributed by atoms with Crippen LogP contribution in [0.4, 0.5) is 0 Å². The van der Waals surface area contributed by atoms with E-state index in [9.17, 15) is 0 Å². The molecule has 0 amide bonds. The fraction of sp³-hybridized carbons (Fsp3) is 0.600. The van der Waals surface area contributed by atoms with Gasteiger partial charge in [0.15, 0.2) is 0 Å². The lowest BCUT2D eigenvalue weighted by Gasteiger charge is -2.21. The summed E-state index contributed by atoms with van der Waals surface area (Å²) in [4.78, 5) is 2.47. The molecule has 0 spiro atoms. The zero-order chi connectivity index (χ0) is 12.5. The van der Waals surface area contributed by atoms with Crippen molar-refractivity contribution >= 4 is 0 Å². The summed E-state index contributed by atoms with van der Waals surface area (Å²) >= 11 is 0. The molecule has 0 aliphatic carbocycles. The lowest BCUT2D eigenvalue weighted by atomic mass is 10.0. The highest BCUT2D eigenvalue weighted by atomic mass is 16.6. The number of epoxide rings is 2. The van der Waals surface area contributed by atoms with Crippen molar-refractivity contribution in [1.82, 2.24) is 4.90 Å². The van der Waals surface area contributed by atoms with Crippen LogP contribution in [0.25, 0.3) is 0 Å². The lowest BCUT2D eigenvalue weighted by molar-refractivity contribution is 0.212. The van der Waals surface area contributed by atoms with Crippen LogP contribution >= 0.6 is 0 Å². The predicted molar refractivity (Wildman–Crippen MR) is 70.7 cm³/mol. The molecule has 3 nitrogen and oxygen atoms in total. The van der Waals surface area contributed by atoms with E-state index in [1.807, 2.05) is 0 Å². The smallest absolute Gasteiger partial charge is 0.0936 e. The molecule has 0 bridgehead atoms. The van der Waals surface area contributed by atoms with Gasteiger partial charge in [0.1, 0.15) is 0 Å². The van der Waals surface area contributed by atoms with Crippen LogP contribution in [0.3, 0.4) is 0 Å². The van der Waals surface area contributed by atoms with E-state index in [0.717, 1.165) is 32.8 Å². The van der Waals surface area contributed by atoms with Crippen molar-refractivity contribution in [3.63, 3.8) is 0 Å². The molecule has 0 saturated carbocycles. The second kappa shape index (κ2) is 5.00. The number of nitrogens with zero attached hydrogens (tertiary/aromatic N) is 1. The molecule has 2 unspecified atom stereocenters. The number of hydrogen-bond acceptors (Lipinski definition) is 3. The monoisotopic (exact) mass is 247 g/mol. The van der Waals surface area contributed by atoms with E-state index < -0.39 is 0 Å². The second-order valence-electron chi connectivity index (χ2n) is 5.53. The van der Waals surface area contributed by atoms with Crippen LogP contribution in [-0.2, 0) is 16.0 Å². The average molecular weight is 247 g/mol. The molecule has 2 saturated heterocycles. The van der Waals surface area contributed by atoms with Crippen LogP contribution < -0.4 is 0 Å². The van der Waals surface area contributed by atoms with Gasteiger partial charge in [-0.05, 0) is 25.0 Å². The van der Waals surface area contributed by atoms with E-state index in [2.05, 4.69) is 36.9 Å². The fourth-order valence-corrected chi connectivity index (χ4v) is 2.34. The van der Waals surface area contributed by atoms with Gasteiger partial charge in [0, 0.05) is 19.6 Å². The van der Waals surface area contributed by atoms with Gasteiger partial charge in [-0.3, -0.25) is 4.90 Å². The zero-order valence-electron chi connectivity index (χ0n) is 11.2. The van der Waals surface area contributed by atoms with Gasteiger partial charge >= 0.3 is 0 Å². The van der Waals surface area contributed by atoms with Gasteiger partial charge in [0.05, 0.1) is 25.4 Å². The highest BCUT2D eigenvalue weighted by Gasteiger charge is 2.30. The lowest BCUT2D eigenvalue weighted by Crippen LogP contribution is -2.31. The van der Waals surface area contributed by atoms with Crippen LogP contribution in [0, 0.1) is 13.8 Å². The van der Waals surface area contributed by atoms with Gasteiger partial charge in [-0.15, -0.1) is 0 Å². The van der Waals surface area contributed by atoms with E-state index >= 15 is 0 Å². The summed E-state index contributed by atoms with van der Waals surface area (Å²) in [6.07, 6.45) is 0.905. The van der Waals surface area contributed by atoms with Crippen molar-refractivity contribution in [2.24, 2.45) is 0 Å². The Morgan fingerprint density at radius 2 is 1.72 bits per heavy atom. The van der Waals surface area contributed by atoms with Crippen LogP contribution in [0.1, 0.15) is 16.7 Å². The molecule has 3 heteroatoms. The van der Waals surface area contributed by atoms with Gasteiger partial charge in [0.2, 0.25) is 0 Å². The number of rotatable bonds is 6. The Labute approximate surface area is 109 Å². The van der Waals surface area contributed by atoms with Gasteiger partial charge in [0.25, 0.3) is 0 Å². The molecule has 1 aromatic carbocycles. The Hall–Kier alpha value is -0.900. The molecular formula is C15H21NO2. The minimum absolute atomic E-state index is 0.453. The average Bonchev–Trinajstić information content (AvgIpc) is 3.19. The van der Waals surface area contributed by atoms with Crippen LogP contribution in [0.2, 0.25) is 0 Å². The molecule has 3 rings (SSSR count). The summed E-state index contributed by atoms with van der Waals surface area (Å²) < 4.78 is 10.7. The first kappa shape index (κ1) is 12.2. The van der Waals surface area contributed by atoms with E-state index in [0.29, 0.717) is 12.2 Å². The van der Waals surface area contributed by atoms with Crippen LogP contribution in [0.5, 0.6) is 0 Å². The maximum atomic E-state index is 5.35. The Morgan fingerprint density at radius 1 is 1.11 bits per heavy atom. The summed E-state index contributed by atoms with van der Waals surface area (Å²) in [6.45, 7) is 9.27. The summed E-state index contributed by atoms with van der Waals surface area (Å²) in [6, 6.07) is 6.69. The number of hydrogen-bond donors (Lipinski definition) is 0. The van der Waals surface area contributed by atoms with Gasteiger partial charge in [-0.1, -0.05) is 23.8 Å². The van der Waals surface area contributed by atoms with E-state index in [4.69, 9.17) is 9.47 Å². The molecule has 2 fully saturated rings. The molecule has 2 atom stereocenters. The molecule has 0 radical (unpaired) electrons. The first-order chi connectivity index (χ1) is 8.70. The van der Waals surface area contributed by atoms with Crippen molar-refractivity contribution in [2.45, 2.75) is 32.6 Å². The van der Waals surface area contributed by atoms with E-state index in [1.54, 1.807) is 0 Å². The molecule has 0 aromatic heterocycles. The first-order valence-corrected chi connectivity index (χ1v) is 6.72. The summed E-state index contributed by atoms with van der Waals surface area (Å²) in [5, 5.41) is 0. The molecule has 2 aliphatic rings. The minimum Gasteiger partial charge on any atom is -0.372 e. The maximum absolute atomic E-state index is 5.35. The highest BCUT2D eigenvalue weighted by Crippen LogP contribution is 2.19. The number of aryl methyl sites for hydroxylation is 2. The standard InChI is InChI=1S/C15H21NO2/c1-11-3-4-12(2)13(5-11)6-16(7-14-9-17-14)8-15-10-18-15/h3-5,14-15H,6-10H2,1-2H3. The minimum atomic E-state index is 0.453. The predicted octanol–water partition coefficient (Wildman–Crippen LogP) is 1.90. The highest BCUT2D eigenvalue weighted by molar-refractivity contribution is 5.30. The van der Waals surface area contributed by atoms with Crippen molar-refractivity contribution in [3.05, 3.63) is 34.9 Å². The molecule has 98 valence electrons. The topological polar surface area (TPSA) is 28.3 Å². The SMILES string of the molecule is Cc1ccc(C)c(CN(CC2CO2)CC2CO2)c1. The fourth-order valence-electron chi connectivity index (χ4n) is 2.34. The molecule has 1 aromatic rings. The third-order valence-electron chi connectivity index (χ3n) is 3.63. The van der Waals surface area contributed by atoms with E-state index in [-0.39, 0.29) is 0 Å². The molecule has 0 N–H and O–H groups in total. The van der Waals surface area contributed by atoms with Crippen molar-refractivity contribution < 1.29 is 9.47 Å². The Balaban J connectivity index is 1.66. The van der Waals surface area contributed by atoms with Crippen LogP contribution in [-0.4, -0.2) is 43.4 Å². The third kappa shape index (κ3) is 3.31. The summed E-state index contributed by atoms with van der Waals surface area (Å²) in [5.41, 5.74) is 4.14. The van der Waals surface area contributed by atoms with E-state index in [1.165, 1.54) is 16.7 Å². The maximum Gasteiger partial charge on any atom is 0.0936 e. The van der Waals surface area contributed by atoms with Crippen molar-refractivity contribution in [2.75, 3.05) is 26.3 Å². The Morgan fingerprint density at radius 3 is 2.28 bits per heavy atom. The first-order valence-electron chi connectivity index (χ1n) is 6.72. The largest absolute Gasteiger partial charge is 0.372 e. The third-order valence-corrected chi connectivity index (χ3v) is 3.63. The molecule has 2 aliphatic heterocycles. The molecule has 18 heavy (non-hydrogen) atoms. The molecule has 2 heterocycles.